The summed E-state index contributed by atoms with van der Waals surface area (Å²) in [5, 5.41) is 7.84. The Morgan fingerprint density at radius 3 is 0.917 bits per heavy atom. The van der Waals surface area contributed by atoms with E-state index in [2.05, 4.69) is 16.0 Å². The lowest BCUT2D eigenvalue weighted by molar-refractivity contribution is -0.198. The average molecular weight is 850 g/mol. The quantitative estimate of drug-likeness (QED) is 0.194. The molecule has 18 nitrogen and oxygen atoms in total. The molecule has 6 bridgehead atoms. The first kappa shape index (κ1) is 48.0. The molecule has 18 heteroatoms. The van der Waals surface area contributed by atoms with Crippen molar-refractivity contribution < 1.29 is 71.4 Å². The van der Waals surface area contributed by atoms with Crippen molar-refractivity contribution in [2.75, 3.05) is 19.6 Å². The van der Waals surface area contributed by atoms with E-state index in [1.165, 1.54) is 0 Å². The summed E-state index contributed by atoms with van der Waals surface area (Å²) in [6.45, 7) is 19.5. The molecule has 336 valence electrons. The Morgan fingerprint density at radius 1 is 0.467 bits per heavy atom. The maximum Gasteiger partial charge on any atom is 0.407 e. The second-order valence-corrected chi connectivity index (χ2v) is 18.4. The van der Waals surface area contributed by atoms with E-state index in [9.17, 15) is 28.8 Å². The van der Waals surface area contributed by atoms with E-state index in [0.29, 0.717) is 0 Å². The van der Waals surface area contributed by atoms with Crippen LogP contribution in [0.15, 0.2) is 36.5 Å². The molecule has 1 saturated heterocycles. The van der Waals surface area contributed by atoms with Crippen LogP contribution in [-0.2, 0) is 57.0 Å². The molecule has 4 heterocycles. The molecule has 4 aliphatic rings. The van der Waals surface area contributed by atoms with Crippen molar-refractivity contribution in [2.24, 2.45) is 17.8 Å². The van der Waals surface area contributed by atoms with E-state index in [1.807, 2.05) is 0 Å². The minimum absolute atomic E-state index is 0.297. The zero-order valence-electron chi connectivity index (χ0n) is 36.6. The van der Waals surface area contributed by atoms with Gasteiger partial charge in [0.25, 0.3) is 0 Å². The lowest BCUT2D eigenvalue weighted by Crippen LogP contribution is -2.54. The van der Waals surface area contributed by atoms with Gasteiger partial charge in [-0.25, -0.2) is 28.8 Å². The third-order valence-electron chi connectivity index (χ3n) is 9.30. The van der Waals surface area contributed by atoms with E-state index in [4.69, 9.17) is 42.6 Å². The van der Waals surface area contributed by atoms with Crippen molar-refractivity contribution in [2.45, 2.75) is 155 Å². The van der Waals surface area contributed by atoms with Crippen molar-refractivity contribution in [3.8, 4) is 0 Å². The molecule has 0 aromatic rings. The van der Waals surface area contributed by atoms with Crippen molar-refractivity contribution in [1.82, 2.24) is 16.0 Å². The highest BCUT2D eigenvalue weighted by molar-refractivity contribution is 5.78. The number of alkyl carbamates (subject to hydrolysis) is 3. The predicted molar refractivity (Wildman–Crippen MR) is 213 cm³/mol. The Balaban J connectivity index is 1.74. The third kappa shape index (κ3) is 14.5. The molecule has 12 atom stereocenters. The molecule has 0 saturated carbocycles. The normalized spacial score (nSPS) is 32.5. The molecule has 0 unspecified atom stereocenters. The van der Waals surface area contributed by atoms with Crippen LogP contribution in [0.5, 0.6) is 0 Å². The molecule has 0 spiro atoms. The lowest BCUT2D eigenvalue weighted by atomic mass is 9.96. The van der Waals surface area contributed by atoms with E-state index < -0.39 is 126 Å². The molecule has 0 radical (unpaired) electrons. The van der Waals surface area contributed by atoms with Crippen LogP contribution < -0.4 is 16.0 Å². The summed E-state index contributed by atoms with van der Waals surface area (Å²) >= 11 is 0. The first-order valence-electron chi connectivity index (χ1n) is 20.3. The number of fused-ring (bicyclic) bond motifs is 6. The van der Waals surface area contributed by atoms with E-state index in [0.717, 1.165) is 0 Å². The van der Waals surface area contributed by atoms with E-state index in [1.54, 1.807) is 120 Å². The Labute approximate surface area is 351 Å². The van der Waals surface area contributed by atoms with Crippen molar-refractivity contribution >= 4 is 36.2 Å². The fraction of sp³-hybridized carbons (Fsp3) is 0.714. The largest absolute Gasteiger partial charge is 0.455 e. The minimum atomic E-state index is -1.26. The highest BCUT2D eigenvalue weighted by Gasteiger charge is 2.44. The number of hydrogen-bond donors (Lipinski definition) is 3. The van der Waals surface area contributed by atoms with Gasteiger partial charge in [0.05, 0.1) is 19.6 Å². The summed E-state index contributed by atoms with van der Waals surface area (Å²) in [7, 11) is 0. The minimum Gasteiger partial charge on any atom is -0.455 e. The van der Waals surface area contributed by atoms with Crippen molar-refractivity contribution in [1.29, 1.82) is 0 Å². The van der Waals surface area contributed by atoms with Gasteiger partial charge in [-0.05, 0) is 62.3 Å². The van der Waals surface area contributed by atoms with Gasteiger partial charge in [-0.1, -0.05) is 57.2 Å². The lowest BCUT2D eigenvalue weighted by Gasteiger charge is -2.38. The second-order valence-electron chi connectivity index (χ2n) is 18.4. The van der Waals surface area contributed by atoms with Gasteiger partial charge in [0.15, 0.2) is 18.3 Å². The first-order valence-corrected chi connectivity index (χ1v) is 20.3. The zero-order chi connectivity index (χ0) is 44.7. The highest BCUT2D eigenvalue weighted by Crippen LogP contribution is 2.30. The maximum atomic E-state index is 14.1. The summed E-state index contributed by atoms with van der Waals surface area (Å²) < 4.78 is 53.1. The maximum absolute atomic E-state index is 14.1. The molecule has 4 aliphatic heterocycles. The Hall–Kier alpha value is -4.68. The van der Waals surface area contributed by atoms with Gasteiger partial charge in [0.1, 0.15) is 53.4 Å². The fourth-order valence-corrected chi connectivity index (χ4v) is 6.44. The number of rotatable bonds is 6. The van der Waals surface area contributed by atoms with Crippen LogP contribution in [0.1, 0.15) is 83.1 Å². The topological polar surface area (TPSA) is 222 Å². The van der Waals surface area contributed by atoms with Crippen molar-refractivity contribution in [3.05, 3.63) is 36.5 Å². The number of esters is 3. The van der Waals surface area contributed by atoms with Crippen molar-refractivity contribution in [3.63, 3.8) is 0 Å². The Kier molecular flexibility index (Phi) is 15.8. The summed E-state index contributed by atoms with van der Waals surface area (Å²) in [6.07, 6.45) is -3.08. The molecule has 0 aromatic carbocycles. The van der Waals surface area contributed by atoms with Crippen LogP contribution in [0.2, 0.25) is 0 Å². The summed E-state index contributed by atoms with van der Waals surface area (Å²) in [5.74, 6) is -4.17. The number of amides is 3. The second kappa shape index (κ2) is 19.8. The van der Waals surface area contributed by atoms with Gasteiger partial charge < -0.3 is 58.6 Å². The molecule has 60 heavy (non-hydrogen) atoms. The number of nitrogens with one attached hydrogen (secondary N) is 3. The number of cyclic esters (lactones) is 3. The monoisotopic (exact) mass is 849 g/mol. The van der Waals surface area contributed by atoms with E-state index >= 15 is 0 Å². The highest BCUT2D eigenvalue weighted by atomic mass is 16.6. The predicted octanol–water partition coefficient (Wildman–Crippen LogP) is 4.19. The SMILES string of the molecule is C[C@H]1C=C[C@@H]2O[C@H]1C(=O)O[C@H](CNC(=O)OC(C)(C)C)[C@@H]1C=C[C@H](C)[C@@H](O1)C(=O)O[C@H](CNC(=O)OC(C)(C)C)[C@@H]1C=C[C@H](C)[C@@H](O1)C(=O)O[C@@H]2CNC(=O)OC(C)(C)C. The van der Waals surface area contributed by atoms with E-state index in [-0.39, 0.29) is 19.6 Å². The molecular weight excluding hydrogens is 786 g/mol. The molecule has 4 rings (SSSR count). The molecule has 3 amide bonds. The molecule has 0 aromatic heterocycles. The smallest absolute Gasteiger partial charge is 0.407 e. The third-order valence-corrected chi connectivity index (χ3v) is 9.30. The molecule has 3 N–H and O–H groups in total. The van der Waals surface area contributed by atoms with Crippen LogP contribution in [0.3, 0.4) is 0 Å². The average Bonchev–Trinajstić information content (AvgIpc) is 3.11. The standard InChI is InChI=1S/C42H63N3O15/c1-22-13-16-25-28(19-43-37(49)58-40(4,5)6)56-35(47)32-24(3)15-18-27(54-32)30(21-45-39(51)60-42(10,11)12)57-36(48)33-23(2)14-17-26(53-33)29(55-34(46)31(22)52-25)20-44-38(50)59-41(7,8)9/h13-18,22-33H,19-21H2,1-12H3,(H,43,49)(H,44,50)(H,45,51)/t22-,23-,24-,25-,26-,27-,28+,29+,30+,31+,32+,33+/m0/s1. The molecular formula is C42H63N3O15. The summed E-state index contributed by atoms with van der Waals surface area (Å²) in [4.78, 5) is 80.5. The van der Waals surface area contributed by atoms with Crippen LogP contribution in [-0.4, -0.2) is 128 Å². The van der Waals surface area contributed by atoms with Gasteiger partial charge in [-0.3, -0.25) is 0 Å². The Morgan fingerprint density at radius 2 is 0.700 bits per heavy atom. The van der Waals surface area contributed by atoms with Crippen LogP contribution in [0, 0.1) is 17.8 Å². The molecule has 1 fully saturated rings. The zero-order valence-corrected chi connectivity index (χ0v) is 36.6. The number of carbonyl (C=O) groups is 6. The summed E-state index contributed by atoms with van der Waals surface area (Å²) in [6, 6.07) is 0. The van der Waals surface area contributed by atoms with Crippen LogP contribution in [0.25, 0.3) is 0 Å². The summed E-state index contributed by atoms with van der Waals surface area (Å²) in [5.41, 5.74) is -2.50. The number of hydrogen-bond acceptors (Lipinski definition) is 15. The van der Waals surface area contributed by atoms with Gasteiger partial charge in [-0.15, -0.1) is 0 Å². The number of carbonyl (C=O) groups excluding carboxylic acids is 6. The molecule has 0 aliphatic carbocycles. The fourth-order valence-electron chi connectivity index (χ4n) is 6.44. The van der Waals surface area contributed by atoms with Gasteiger partial charge in [-0.2, -0.15) is 0 Å². The number of ether oxygens (including phenoxy) is 9. The first-order chi connectivity index (χ1) is 27.8. The van der Waals surface area contributed by atoms with Gasteiger partial charge >= 0.3 is 36.2 Å². The Bertz CT molecular complexity index is 1470. The van der Waals surface area contributed by atoms with Crippen LogP contribution >= 0.6 is 0 Å². The van der Waals surface area contributed by atoms with Gasteiger partial charge in [0, 0.05) is 17.8 Å². The van der Waals surface area contributed by atoms with Gasteiger partial charge in [0.2, 0.25) is 0 Å². The van der Waals surface area contributed by atoms with Crippen LogP contribution in [0.4, 0.5) is 14.4 Å².